The van der Waals surface area contributed by atoms with E-state index in [9.17, 15) is 8.78 Å². The summed E-state index contributed by atoms with van der Waals surface area (Å²) < 4.78 is 47.7. The third-order valence-corrected chi connectivity index (χ3v) is 7.14. The van der Waals surface area contributed by atoms with E-state index in [2.05, 4.69) is 29.6 Å². The van der Waals surface area contributed by atoms with E-state index in [0.717, 1.165) is 29.3 Å². The summed E-state index contributed by atoms with van der Waals surface area (Å²) in [5.74, 6) is -1.62. The van der Waals surface area contributed by atoms with Gasteiger partial charge in [-0.3, -0.25) is 0 Å². The van der Waals surface area contributed by atoms with Gasteiger partial charge in [-0.05, 0) is 18.2 Å². The lowest BCUT2D eigenvalue weighted by Crippen LogP contribution is -2.22. The van der Waals surface area contributed by atoms with Crippen LogP contribution in [0, 0.1) is 11.6 Å². The lowest BCUT2D eigenvalue weighted by atomic mass is 10.1. The molecule has 35 heavy (non-hydrogen) atoms. The first-order valence-electron chi connectivity index (χ1n) is 11.1. The van der Waals surface area contributed by atoms with Gasteiger partial charge in [0.1, 0.15) is 18.1 Å². The second-order valence-electron chi connectivity index (χ2n) is 9.37. The molecule has 0 aliphatic heterocycles. The van der Waals surface area contributed by atoms with Crippen LogP contribution in [0.4, 0.5) is 14.5 Å². The van der Waals surface area contributed by atoms with Crippen LogP contribution in [0.25, 0.3) is 22.2 Å². The molecule has 0 unspecified atom stereocenters. The molecule has 0 aliphatic carbocycles. The number of rotatable bonds is 9. The van der Waals surface area contributed by atoms with Gasteiger partial charge < -0.3 is 24.5 Å². The summed E-state index contributed by atoms with van der Waals surface area (Å²) in [6.07, 6.45) is 5.06. The molecular weight excluding hydrogens is 470 g/mol. The SMILES string of the molecule is COc1ccc(-c2cn(COCC[Si](C)(C)C)c3nccc(Oc4c(F)cc(N)cc4F)c23)cn1. The number of methoxy groups -OCH3 is 1. The first-order valence-corrected chi connectivity index (χ1v) is 14.9. The van der Waals surface area contributed by atoms with E-state index in [-0.39, 0.29) is 18.2 Å². The van der Waals surface area contributed by atoms with Gasteiger partial charge in [-0.25, -0.2) is 18.7 Å². The summed E-state index contributed by atoms with van der Waals surface area (Å²) in [6, 6.07) is 8.20. The monoisotopic (exact) mass is 498 g/mol. The number of anilines is 1. The minimum Gasteiger partial charge on any atom is -0.481 e. The molecule has 0 aliphatic rings. The van der Waals surface area contributed by atoms with Crippen molar-refractivity contribution in [1.29, 1.82) is 0 Å². The maximum Gasteiger partial charge on any atom is 0.212 e. The fourth-order valence-corrected chi connectivity index (χ4v) is 4.33. The van der Waals surface area contributed by atoms with Gasteiger partial charge in [0.05, 0.1) is 12.5 Å². The first-order chi connectivity index (χ1) is 16.7. The number of pyridine rings is 2. The van der Waals surface area contributed by atoms with Crippen molar-refractivity contribution >= 4 is 24.8 Å². The standard InChI is InChI=1S/C25H28F2N4O3Si/c1-32-22-6-5-16(13-30-22)18-14-31(15-33-9-10-35(2,3)4)25-23(18)21(7-8-29-25)34-24-19(26)11-17(28)12-20(24)27/h5-8,11-14H,9-10,15,28H2,1-4H3. The highest BCUT2D eigenvalue weighted by Gasteiger charge is 2.20. The number of halogens is 2. The molecule has 0 saturated heterocycles. The molecule has 0 spiro atoms. The van der Waals surface area contributed by atoms with E-state index in [1.54, 1.807) is 18.3 Å². The number of nitrogens with zero attached hydrogens (tertiary/aromatic N) is 3. The average Bonchev–Trinajstić information content (AvgIpc) is 3.18. The molecule has 0 amide bonds. The zero-order valence-electron chi connectivity index (χ0n) is 20.1. The molecule has 184 valence electrons. The van der Waals surface area contributed by atoms with Crippen LogP contribution in [-0.2, 0) is 11.5 Å². The zero-order chi connectivity index (χ0) is 25.2. The Morgan fingerprint density at radius 2 is 1.80 bits per heavy atom. The van der Waals surface area contributed by atoms with Crippen molar-refractivity contribution in [3.05, 3.63) is 60.6 Å². The molecule has 3 heterocycles. The first kappa shape index (κ1) is 24.6. The van der Waals surface area contributed by atoms with Crippen molar-refractivity contribution in [3.63, 3.8) is 0 Å². The number of aromatic nitrogens is 3. The Hall–Kier alpha value is -3.50. The lowest BCUT2D eigenvalue weighted by Gasteiger charge is -2.15. The molecule has 1 aromatic carbocycles. The van der Waals surface area contributed by atoms with E-state index in [4.69, 9.17) is 19.9 Å². The molecular formula is C25H28F2N4O3Si. The quantitative estimate of drug-likeness (QED) is 0.171. The van der Waals surface area contributed by atoms with Gasteiger partial charge >= 0.3 is 0 Å². The van der Waals surface area contributed by atoms with Gasteiger partial charge in [0.15, 0.2) is 17.4 Å². The Morgan fingerprint density at radius 3 is 2.43 bits per heavy atom. The number of benzene rings is 1. The Kier molecular flexibility index (Phi) is 7.04. The van der Waals surface area contributed by atoms with E-state index >= 15 is 0 Å². The van der Waals surface area contributed by atoms with Gasteiger partial charge in [-0.1, -0.05) is 19.6 Å². The number of hydrogen-bond acceptors (Lipinski definition) is 6. The summed E-state index contributed by atoms with van der Waals surface area (Å²) in [4.78, 5) is 8.80. The lowest BCUT2D eigenvalue weighted by molar-refractivity contribution is 0.0899. The largest absolute Gasteiger partial charge is 0.481 e. The van der Waals surface area contributed by atoms with Gasteiger partial charge in [0, 0.05) is 68.3 Å². The van der Waals surface area contributed by atoms with Crippen molar-refractivity contribution in [2.45, 2.75) is 32.4 Å². The van der Waals surface area contributed by atoms with Crippen molar-refractivity contribution in [2.75, 3.05) is 19.5 Å². The van der Waals surface area contributed by atoms with Gasteiger partial charge in [-0.15, -0.1) is 0 Å². The van der Waals surface area contributed by atoms with Crippen molar-refractivity contribution < 1.29 is 23.0 Å². The Bertz CT molecular complexity index is 1310. The number of nitrogen functional groups attached to an aromatic ring is 1. The van der Waals surface area contributed by atoms with Crippen molar-refractivity contribution in [3.8, 4) is 28.5 Å². The summed E-state index contributed by atoms with van der Waals surface area (Å²) in [5.41, 5.74) is 7.55. The minimum absolute atomic E-state index is 0.0289. The van der Waals surface area contributed by atoms with Crippen LogP contribution in [0.15, 0.2) is 48.9 Å². The molecule has 4 aromatic rings. The Morgan fingerprint density at radius 1 is 1.06 bits per heavy atom. The Balaban J connectivity index is 1.78. The van der Waals surface area contributed by atoms with Crippen LogP contribution >= 0.6 is 0 Å². The molecule has 3 aromatic heterocycles. The maximum atomic E-state index is 14.5. The minimum atomic E-state index is -1.24. The van der Waals surface area contributed by atoms with Crippen LogP contribution < -0.4 is 15.2 Å². The maximum absolute atomic E-state index is 14.5. The number of fused-ring (bicyclic) bond motifs is 1. The third kappa shape index (κ3) is 5.60. The van der Waals surface area contributed by atoms with E-state index in [1.165, 1.54) is 13.3 Å². The second kappa shape index (κ2) is 10.0. The number of hydrogen-bond donors (Lipinski definition) is 1. The van der Waals surface area contributed by atoms with Crippen LogP contribution in [-0.4, -0.2) is 36.3 Å². The molecule has 0 fully saturated rings. The third-order valence-electron chi connectivity index (χ3n) is 5.43. The highest BCUT2D eigenvalue weighted by molar-refractivity contribution is 6.76. The van der Waals surface area contributed by atoms with E-state index in [0.29, 0.717) is 23.5 Å². The van der Waals surface area contributed by atoms with Crippen molar-refractivity contribution in [1.82, 2.24) is 14.5 Å². The van der Waals surface area contributed by atoms with Crippen LogP contribution in [0.3, 0.4) is 0 Å². The fraction of sp³-hybridized carbons (Fsp3) is 0.280. The molecule has 0 radical (unpaired) electrons. The molecule has 0 bridgehead atoms. The summed E-state index contributed by atoms with van der Waals surface area (Å²) in [5, 5.41) is 0.573. The van der Waals surface area contributed by atoms with E-state index < -0.39 is 25.5 Å². The van der Waals surface area contributed by atoms with Crippen LogP contribution in [0.1, 0.15) is 0 Å². The van der Waals surface area contributed by atoms with Gasteiger partial charge in [-0.2, -0.15) is 0 Å². The molecule has 0 atom stereocenters. The van der Waals surface area contributed by atoms with E-state index in [1.807, 2.05) is 16.8 Å². The highest BCUT2D eigenvalue weighted by Crippen LogP contribution is 2.39. The smallest absolute Gasteiger partial charge is 0.212 e. The summed E-state index contributed by atoms with van der Waals surface area (Å²) >= 11 is 0. The van der Waals surface area contributed by atoms with Crippen molar-refractivity contribution in [2.24, 2.45) is 0 Å². The van der Waals surface area contributed by atoms with Crippen LogP contribution in [0.2, 0.25) is 25.7 Å². The molecule has 7 nitrogen and oxygen atoms in total. The molecule has 2 N–H and O–H groups in total. The molecule has 4 rings (SSSR count). The molecule has 0 saturated carbocycles. The fourth-order valence-electron chi connectivity index (χ4n) is 3.58. The highest BCUT2D eigenvalue weighted by atomic mass is 28.3. The second-order valence-corrected chi connectivity index (χ2v) is 15.0. The topological polar surface area (TPSA) is 84.4 Å². The molecule has 10 heteroatoms. The zero-order valence-corrected chi connectivity index (χ0v) is 21.1. The number of ether oxygens (including phenoxy) is 3. The van der Waals surface area contributed by atoms with Gasteiger partial charge in [0.2, 0.25) is 5.88 Å². The summed E-state index contributed by atoms with van der Waals surface area (Å²) in [7, 11) is 0.296. The van der Waals surface area contributed by atoms with Gasteiger partial charge in [0.25, 0.3) is 0 Å². The van der Waals surface area contributed by atoms with Crippen LogP contribution in [0.5, 0.6) is 17.4 Å². The normalized spacial score (nSPS) is 11.7. The number of nitrogens with two attached hydrogens (primary N) is 1. The summed E-state index contributed by atoms with van der Waals surface area (Å²) in [6.45, 7) is 7.77. The predicted octanol–water partition coefficient (Wildman–Crippen LogP) is 6.07. The predicted molar refractivity (Wildman–Crippen MR) is 134 cm³/mol. The average molecular weight is 499 g/mol. The Labute approximate surface area is 203 Å².